The summed E-state index contributed by atoms with van der Waals surface area (Å²) < 4.78 is 0. The first-order valence-corrected chi connectivity index (χ1v) is 5.54. The summed E-state index contributed by atoms with van der Waals surface area (Å²) in [4.78, 5) is 13.9. The van der Waals surface area contributed by atoms with E-state index in [0.29, 0.717) is 11.3 Å². The van der Waals surface area contributed by atoms with Gasteiger partial charge in [0.2, 0.25) is 5.91 Å². The summed E-state index contributed by atoms with van der Waals surface area (Å²) in [6.45, 7) is 6.20. The van der Waals surface area contributed by atoms with Gasteiger partial charge in [0.15, 0.2) is 0 Å². The molecule has 2 N–H and O–H groups in total. The number of hydrogen-bond donors (Lipinski definition) is 1. The van der Waals surface area contributed by atoms with Gasteiger partial charge < -0.3 is 10.6 Å². The SMILES string of the molecule is CC1(C)CCN(C(=O)[C@H](N)C2CC2)C1. The quantitative estimate of drug-likeness (QED) is 0.715. The fourth-order valence-electron chi connectivity index (χ4n) is 2.17. The highest BCUT2D eigenvalue weighted by atomic mass is 16.2. The monoisotopic (exact) mass is 196 g/mol. The molecule has 2 aliphatic rings. The van der Waals surface area contributed by atoms with Gasteiger partial charge in [-0.2, -0.15) is 0 Å². The first-order chi connectivity index (χ1) is 6.49. The Hall–Kier alpha value is -0.570. The summed E-state index contributed by atoms with van der Waals surface area (Å²) in [5.74, 6) is 0.657. The smallest absolute Gasteiger partial charge is 0.239 e. The topological polar surface area (TPSA) is 46.3 Å². The second-order valence-corrected chi connectivity index (χ2v) is 5.54. The van der Waals surface area contributed by atoms with E-state index in [2.05, 4.69) is 13.8 Å². The molecule has 0 unspecified atom stereocenters. The van der Waals surface area contributed by atoms with E-state index in [1.807, 2.05) is 4.90 Å². The van der Waals surface area contributed by atoms with Gasteiger partial charge in [-0.25, -0.2) is 0 Å². The number of hydrogen-bond acceptors (Lipinski definition) is 2. The van der Waals surface area contributed by atoms with Gasteiger partial charge in [0.25, 0.3) is 0 Å². The molecule has 3 heteroatoms. The van der Waals surface area contributed by atoms with E-state index in [-0.39, 0.29) is 11.9 Å². The Bertz CT molecular complexity index is 246. The third kappa shape index (κ3) is 1.92. The molecule has 1 heterocycles. The summed E-state index contributed by atoms with van der Waals surface area (Å²) in [6.07, 6.45) is 3.39. The lowest BCUT2D eigenvalue weighted by Gasteiger charge is -2.22. The number of carbonyl (C=O) groups excluding carboxylic acids is 1. The highest BCUT2D eigenvalue weighted by Crippen LogP contribution is 2.34. The van der Waals surface area contributed by atoms with Crippen LogP contribution in [0.1, 0.15) is 33.1 Å². The molecular formula is C11H20N2O. The highest BCUT2D eigenvalue weighted by molar-refractivity contribution is 5.82. The molecule has 0 spiro atoms. The van der Waals surface area contributed by atoms with Gasteiger partial charge in [0.05, 0.1) is 6.04 Å². The predicted octanol–water partition coefficient (Wildman–Crippen LogP) is 0.982. The number of rotatable bonds is 2. The average Bonchev–Trinajstić information content (AvgIpc) is 2.89. The van der Waals surface area contributed by atoms with Crippen LogP contribution in [-0.4, -0.2) is 29.9 Å². The average molecular weight is 196 g/mol. The molecule has 0 aromatic carbocycles. The van der Waals surface area contributed by atoms with Crippen LogP contribution in [0.15, 0.2) is 0 Å². The van der Waals surface area contributed by atoms with Gasteiger partial charge >= 0.3 is 0 Å². The number of nitrogens with two attached hydrogens (primary N) is 1. The minimum absolute atomic E-state index is 0.179. The van der Waals surface area contributed by atoms with Crippen LogP contribution in [-0.2, 0) is 4.79 Å². The second-order valence-electron chi connectivity index (χ2n) is 5.54. The molecule has 1 aliphatic heterocycles. The maximum absolute atomic E-state index is 11.9. The summed E-state index contributed by atoms with van der Waals surface area (Å²) in [5, 5.41) is 0. The van der Waals surface area contributed by atoms with Gasteiger partial charge in [-0.1, -0.05) is 13.8 Å². The van der Waals surface area contributed by atoms with Crippen LogP contribution in [0.5, 0.6) is 0 Å². The van der Waals surface area contributed by atoms with E-state index in [1.165, 1.54) is 0 Å². The molecule has 0 aromatic heterocycles. The van der Waals surface area contributed by atoms with Gasteiger partial charge in [-0.05, 0) is 30.6 Å². The molecule has 2 fully saturated rings. The molecule has 0 aromatic rings. The van der Waals surface area contributed by atoms with Crippen molar-refractivity contribution in [1.29, 1.82) is 0 Å². The predicted molar refractivity (Wildman–Crippen MR) is 55.7 cm³/mol. The van der Waals surface area contributed by atoms with E-state index in [4.69, 9.17) is 5.73 Å². The molecule has 1 atom stereocenters. The van der Waals surface area contributed by atoms with E-state index < -0.39 is 0 Å². The van der Waals surface area contributed by atoms with Crippen molar-refractivity contribution < 1.29 is 4.79 Å². The van der Waals surface area contributed by atoms with Crippen molar-refractivity contribution >= 4 is 5.91 Å². The van der Waals surface area contributed by atoms with Crippen molar-refractivity contribution in [2.24, 2.45) is 17.1 Å². The van der Waals surface area contributed by atoms with Crippen molar-refractivity contribution in [3.63, 3.8) is 0 Å². The summed E-state index contributed by atoms with van der Waals surface area (Å²) >= 11 is 0. The zero-order valence-corrected chi connectivity index (χ0v) is 9.12. The minimum Gasteiger partial charge on any atom is -0.341 e. The number of likely N-dealkylation sites (tertiary alicyclic amines) is 1. The van der Waals surface area contributed by atoms with Gasteiger partial charge in [0, 0.05) is 13.1 Å². The van der Waals surface area contributed by atoms with E-state index >= 15 is 0 Å². The zero-order valence-electron chi connectivity index (χ0n) is 9.12. The van der Waals surface area contributed by atoms with Crippen molar-refractivity contribution in [1.82, 2.24) is 4.90 Å². The van der Waals surface area contributed by atoms with Crippen molar-refractivity contribution in [2.75, 3.05) is 13.1 Å². The Kier molecular flexibility index (Phi) is 2.30. The van der Waals surface area contributed by atoms with E-state index in [1.54, 1.807) is 0 Å². The standard InChI is InChI=1S/C11H20N2O/c1-11(2)5-6-13(7-11)10(14)9(12)8-3-4-8/h8-9H,3-7,12H2,1-2H3/t9-/m1/s1. The van der Waals surface area contributed by atoms with E-state index in [9.17, 15) is 4.79 Å². The van der Waals surface area contributed by atoms with Crippen LogP contribution in [0.25, 0.3) is 0 Å². The largest absolute Gasteiger partial charge is 0.341 e. The molecule has 1 amide bonds. The Balaban J connectivity index is 1.92. The van der Waals surface area contributed by atoms with Gasteiger partial charge in [-0.3, -0.25) is 4.79 Å². The van der Waals surface area contributed by atoms with Crippen LogP contribution in [0.3, 0.4) is 0 Å². The molecular weight excluding hydrogens is 176 g/mol. The molecule has 1 saturated carbocycles. The summed E-state index contributed by atoms with van der Waals surface area (Å²) in [7, 11) is 0. The lowest BCUT2D eigenvalue weighted by molar-refractivity contribution is -0.132. The Morgan fingerprint density at radius 3 is 2.57 bits per heavy atom. The third-order valence-electron chi connectivity index (χ3n) is 3.40. The summed E-state index contributed by atoms with van der Waals surface area (Å²) in [6, 6.07) is -0.219. The molecule has 1 aliphatic carbocycles. The molecule has 2 rings (SSSR count). The van der Waals surface area contributed by atoms with Crippen LogP contribution >= 0.6 is 0 Å². The maximum Gasteiger partial charge on any atom is 0.239 e. The fraction of sp³-hybridized carbons (Fsp3) is 0.909. The van der Waals surface area contributed by atoms with Crippen molar-refractivity contribution in [3.8, 4) is 0 Å². The van der Waals surface area contributed by atoms with Crippen LogP contribution in [0, 0.1) is 11.3 Å². The Labute approximate surface area is 85.6 Å². The highest BCUT2D eigenvalue weighted by Gasteiger charge is 2.39. The minimum atomic E-state index is -0.219. The normalized spacial score (nSPS) is 27.8. The maximum atomic E-state index is 11.9. The van der Waals surface area contributed by atoms with Gasteiger partial charge in [0.1, 0.15) is 0 Å². The molecule has 0 radical (unpaired) electrons. The number of nitrogens with zero attached hydrogens (tertiary/aromatic N) is 1. The number of carbonyl (C=O) groups is 1. The van der Waals surface area contributed by atoms with Crippen LogP contribution in [0.2, 0.25) is 0 Å². The fourth-order valence-corrected chi connectivity index (χ4v) is 2.17. The lowest BCUT2D eigenvalue weighted by Crippen LogP contribution is -2.44. The molecule has 80 valence electrons. The molecule has 1 saturated heterocycles. The summed E-state index contributed by atoms with van der Waals surface area (Å²) in [5.41, 5.74) is 6.19. The zero-order chi connectivity index (χ0) is 10.3. The first kappa shape index (κ1) is 9.97. The van der Waals surface area contributed by atoms with Gasteiger partial charge in [-0.15, -0.1) is 0 Å². The van der Waals surface area contributed by atoms with Crippen LogP contribution < -0.4 is 5.73 Å². The van der Waals surface area contributed by atoms with Crippen molar-refractivity contribution in [3.05, 3.63) is 0 Å². The van der Waals surface area contributed by atoms with Crippen molar-refractivity contribution in [2.45, 2.75) is 39.2 Å². The Morgan fingerprint density at radius 2 is 2.14 bits per heavy atom. The third-order valence-corrected chi connectivity index (χ3v) is 3.40. The first-order valence-electron chi connectivity index (χ1n) is 5.54. The molecule has 0 bridgehead atoms. The molecule has 14 heavy (non-hydrogen) atoms. The Morgan fingerprint density at radius 1 is 1.50 bits per heavy atom. The number of amides is 1. The van der Waals surface area contributed by atoms with Crippen LogP contribution in [0.4, 0.5) is 0 Å². The lowest BCUT2D eigenvalue weighted by atomic mass is 9.93. The molecule has 3 nitrogen and oxygen atoms in total. The van der Waals surface area contributed by atoms with E-state index in [0.717, 1.165) is 32.4 Å². The second kappa shape index (κ2) is 3.23.